The van der Waals surface area contributed by atoms with Gasteiger partial charge in [-0.25, -0.2) is 0 Å². The molecule has 0 heterocycles. The zero-order valence-electron chi connectivity index (χ0n) is 8.04. The third-order valence-corrected chi connectivity index (χ3v) is 1.36. The fraction of sp³-hybridized carbons (Fsp3) is 1.00. The van der Waals surface area contributed by atoms with E-state index >= 15 is 0 Å². The van der Waals surface area contributed by atoms with Crippen molar-refractivity contribution in [3.05, 3.63) is 0 Å². The van der Waals surface area contributed by atoms with Crippen molar-refractivity contribution in [2.75, 3.05) is 40.6 Å². The lowest BCUT2D eigenvalue weighted by atomic mass is 10.6. The normalized spacial score (nSPS) is 11.0. The third-order valence-electron chi connectivity index (χ3n) is 1.36. The van der Waals surface area contributed by atoms with E-state index in [2.05, 4.69) is 0 Å². The van der Waals surface area contributed by atoms with Crippen LogP contribution in [-0.4, -0.2) is 46.9 Å². The smallest absolute Gasteiger partial charge is 0.180 e. The fourth-order valence-electron chi connectivity index (χ4n) is 0.674. The van der Waals surface area contributed by atoms with Crippen LogP contribution in [0, 0.1) is 0 Å². The van der Waals surface area contributed by atoms with E-state index in [1.54, 1.807) is 14.2 Å². The van der Waals surface area contributed by atoms with Gasteiger partial charge in [-0.1, -0.05) is 0 Å². The molecule has 74 valence electrons. The van der Waals surface area contributed by atoms with Crippen LogP contribution in [0.15, 0.2) is 0 Å². The molecule has 0 aromatic rings. The largest absolute Gasteiger partial charge is 0.379 e. The Bertz CT molecular complexity index is 83.1. The number of hydrogen-bond acceptors (Lipinski definition) is 4. The van der Waals surface area contributed by atoms with Crippen molar-refractivity contribution in [3.63, 3.8) is 0 Å². The molecule has 0 bridgehead atoms. The van der Waals surface area contributed by atoms with Crippen LogP contribution in [-0.2, 0) is 18.9 Å². The molecule has 0 spiro atoms. The first-order valence-corrected chi connectivity index (χ1v) is 4.06. The molecular weight excluding hydrogens is 160 g/mol. The number of hydrogen-bond donors (Lipinski definition) is 0. The maximum Gasteiger partial charge on any atom is 0.180 e. The Morgan fingerprint density at radius 1 is 1.00 bits per heavy atom. The second-order valence-electron chi connectivity index (χ2n) is 2.17. The summed E-state index contributed by atoms with van der Waals surface area (Å²) in [6.45, 7) is 4.32. The molecule has 0 fully saturated rings. The molecule has 0 aliphatic carbocycles. The minimum atomic E-state index is -0.272. The van der Waals surface area contributed by atoms with Gasteiger partial charge in [0.1, 0.15) is 0 Å². The highest BCUT2D eigenvalue weighted by atomic mass is 16.7. The Hall–Kier alpha value is -0.160. The summed E-state index contributed by atoms with van der Waals surface area (Å²) in [5, 5.41) is 0. The molecule has 0 amide bonds. The molecule has 0 saturated heterocycles. The van der Waals surface area contributed by atoms with E-state index in [0.29, 0.717) is 19.8 Å². The molecule has 0 aliphatic rings. The Morgan fingerprint density at radius 3 is 2.08 bits per heavy atom. The summed E-state index contributed by atoms with van der Waals surface area (Å²) in [5.41, 5.74) is 0. The molecule has 4 heteroatoms. The van der Waals surface area contributed by atoms with Crippen molar-refractivity contribution in [1.29, 1.82) is 0 Å². The summed E-state index contributed by atoms with van der Waals surface area (Å²) in [4.78, 5) is 0. The minimum absolute atomic E-state index is 0.272. The summed E-state index contributed by atoms with van der Waals surface area (Å²) in [5.74, 6) is 0. The topological polar surface area (TPSA) is 36.9 Å². The van der Waals surface area contributed by atoms with Crippen molar-refractivity contribution in [2.24, 2.45) is 0 Å². The van der Waals surface area contributed by atoms with Crippen molar-refractivity contribution in [1.82, 2.24) is 0 Å². The predicted molar refractivity (Wildman–Crippen MR) is 45.1 cm³/mol. The molecule has 0 unspecified atom stereocenters. The average molecular weight is 178 g/mol. The van der Waals surface area contributed by atoms with Gasteiger partial charge in [-0.15, -0.1) is 0 Å². The fourth-order valence-corrected chi connectivity index (χ4v) is 0.674. The highest BCUT2D eigenvalue weighted by Crippen LogP contribution is 1.91. The summed E-state index contributed by atoms with van der Waals surface area (Å²) in [6.07, 6.45) is -0.272. The summed E-state index contributed by atoms with van der Waals surface area (Å²) in [7, 11) is 3.17. The van der Waals surface area contributed by atoms with Gasteiger partial charge in [0.05, 0.1) is 19.8 Å². The van der Waals surface area contributed by atoms with Crippen LogP contribution in [0.5, 0.6) is 0 Å². The van der Waals surface area contributed by atoms with Crippen molar-refractivity contribution in [2.45, 2.75) is 13.2 Å². The van der Waals surface area contributed by atoms with E-state index in [-0.39, 0.29) is 6.29 Å². The predicted octanol–water partition coefficient (Wildman–Crippen LogP) is 0.658. The highest BCUT2D eigenvalue weighted by Gasteiger charge is 2.03. The zero-order valence-corrected chi connectivity index (χ0v) is 8.04. The number of rotatable bonds is 8. The lowest BCUT2D eigenvalue weighted by Crippen LogP contribution is -2.21. The Morgan fingerprint density at radius 2 is 1.58 bits per heavy atom. The van der Waals surface area contributed by atoms with E-state index in [4.69, 9.17) is 18.9 Å². The number of methoxy groups -OCH3 is 2. The molecule has 0 aromatic carbocycles. The molecule has 0 saturated carbocycles. The molecule has 12 heavy (non-hydrogen) atoms. The number of ether oxygens (including phenoxy) is 4. The van der Waals surface area contributed by atoms with Gasteiger partial charge < -0.3 is 18.9 Å². The Balaban J connectivity index is 3.06. The van der Waals surface area contributed by atoms with Crippen LogP contribution in [0.2, 0.25) is 0 Å². The lowest BCUT2D eigenvalue weighted by molar-refractivity contribution is -0.143. The first-order chi connectivity index (χ1) is 5.85. The molecule has 0 N–H and O–H groups in total. The van der Waals surface area contributed by atoms with E-state index in [9.17, 15) is 0 Å². The Labute approximate surface area is 73.7 Å². The zero-order chi connectivity index (χ0) is 9.23. The minimum Gasteiger partial charge on any atom is -0.379 e. The molecule has 0 rings (SSSR count). The lowest BCUT2D eigenvalue weighted by Gasteiger charge is -2.13. The molecule has 0 atom stereocenters. The van der Waals surface area contributed by atoms with Gasteiger partial charge in [0.25, 0.3) is 0 Å². The van der Waals surface area contributed by atoms with Crippen molar-refractivity contribution >= 4 is 0 Å². The van der Waals surface area contributed by atoms with E-state index in [1.807, 2.05) is 6.92 Å². The maximum absolute atomic E-state index is 5.20. The molecular formula is C8H18O4. The summed E-state index contributed by atoms with van der Waals surface area (Å²) < 4.78 is 20.1. The van der Waals surface area contributed by atoms with Gasteiger partial charge in [-0.3, -0.25) is 0 Å². The van der Waals surface area contributed by atoms with Gasteiger partial charge in [0, 0.05) is 20.8 Å². The van der Waals surface area contributed by atoms with Crippen molar-refractivity contribution in [3.8, 4) is 0 Å². The van der Waals surface area contributed by atoms with Crippen LogP contribution in [0.3, 0.4) is 0 Å². The summed E-state index contributed by atoms with van der Waals surface area (Å²) >= 11 is 0. The van der Waals surface area contributed by atoms with Crippen LogP contribution < -0.4 is 0 Å². The Kier molecular flexibility index (Phi) is 8.81. The van der Waals surface area contributed by atoms with Crippen LogP contribution in [0.4, 0.5) is 0 Å². The molecule has 4 nitrogen and oxygen atoms in total. The van der Waals surface area contributed by atoms with Gasteiger partial charge in [-0.05, 0) is 6.92 Å². The first kappa shape index (κ1) is 11.8. The average Bonchev–Trinajstić information content (AvgIpc) is 2.11. The first-order valence-electron chi connectivity index (χ1n) is 4.06. The summed E-state index contributed by atoms with van der Waals surface area (Å²) in [6, 6.07) is 0. The van der Waals surface area contributed by atoms with E-state index in [1.165, 1.54) is 0 Å². The second kappa shape index (κ2) is 8.93. The van der Waals surface area contributed by atoms with Gasteiger partial charge in [-0.2, -0.15) is 0 Å². The quantitative estimate of drug-likeness (QED) is 0.404. The second-order valence-corrected chi connectivity index (χ2v) is 2.17. The van der Waals surface area contributed by atoms with Gasteiger partial charge >= 0.3 is 0 Å². The van der Waals surface area contributed by atoms with E-state index in [0.717, 1.165) is 6.61 Å². The molecule has 0 aliphatic heterocycles. The molecule has 0 aromatic heterocycles. The monoisotopic (exact) mass is 178 g/mol. The van der Waals surface area contributed by atoms with Gasteiger partial charge in [0.15, 0.2) is 6.29 Å². The molecule has 0 radical (unpaired) electrons. The maximum atomic E-state index is 5.20. The van der Waals surface area contributed by atoms with Crippen LogP contribution in [0.25, 0.3) is 0 Å². The van der Waals surface area contributed by atoms with E-state index < -0.39 is 0 Å². The van der Waals surface area contributed by atoms with Crippen molar-refractivity contribution < 1.29 is 18.9 Å². The highest BCUT2D eigenvalue weighted by molar-refractivity contribution is 4.38. The third kappa shape index (κ3) is 6.54. The standard InChI is InChI=1S/C8H18O4/c1-4-11-5-6-12-7-8(9-2)10-3/h8H,4-7H2,1-3H3. The van der Waals surface area contributed by atoms with Gasteiger partial charge in [0.2, 0.25) is 0 Å². The van der Waals surface area contributed by atoms with Crippen LogP contribution in [0.1, 0.15) is 6.92 Å². The SMILES string of the molecule is CCOCCOCC(OC)OC. The van der Waals surface area contributed by atoms with Crippen LogP contribution >= 0.6 is 0 Å².